The molecule has 0 bridgehead atoms. The van der Waals surface area contributed by atoms with Crippen LogP contribution in [0.4, 0.5) is 0 Å². The first-order chi connectivity index (χ1) is 6.13. The van der Waals surface area contributed by atoms with Crippen LogP contribution in [0.3, 0.4) is 0 Å². The van der Waals surface area contributed by atoms with E-state index in [1.165, 1.54) is 5.69 Å². The summed E-state index contributed by atoms with van der Waals surface area (Å²) in [6, 6.07) is 0. The normalized spacial score (nSPS) is 13.6. The molecule has 2 N–H and O–H groups in total. The Hall–Kier alpha value is -0.410. The second-order valence-electron chi connectivity index (χ2n) is 3.80. The van der Waals surface area contributed by atoms with Crippen molar-refractivity contribution in [3.05, 3.63) is 16.1 Å². The van der Waals surface area contributed by atoms with Gasteiger partial charge in [0.2, 0.25) is 0 Å². The Bertz CT molecular complexity index is 255. The summed E-state index contributed by atoms with van der Waals surface area (Å²) in [5, 5.41) is 3.29. The van der Waals surface area contributed by atoms with Crippen LogP contribution in [0.2, 0.25) is 0 Å². The quantitative estimate of drug-likeness (QED) is 0.805. The minimum absolute atomic E-state index is 0.571. The summed E-state index contributed by atoms with van der Waals surface area (Å²) >= 11 is 1.72. The molecule has 0 fully saturated rings. The molecule has 0 aromatic carbocycles. The lowest BCUT2D eigenvalue weighted by molar-refractivity contribution is 0.389. The summed E-state index contributed by atoms with van der Waals surface area (Å²) < 4.78 is 0. The summed E-state index contributed by atoms with van der Waals surface area (Å²) in [6.45, 7) is 7.24. The Balaban J connectivity index is 2.56. The van der Waals surface area contributed by atoms with Crippen molar-refractivity contribution in [1.29, 1.82) is 0 Å². The molecule has 0 radical (unpaired) electrons. The molecule has 0 aliphatic heterocycles. The van der Waals surface area contributed by atoms with Gasteiger partial charge in [-0.2, -0.15) is 0 Å². The van der Waals surface area contributed by atoms with Crippen LogP contribution in [0.15, 0.2) is 5.38 Å². The van der Waals surface area contributed by atoms with E-state index in [2.05, 4.69) is 24.2 Å². The molecule has 1 heterocycles. The summed E-state index contributed by atoms with van der Waals surface area (Å²) in [6.07, 6.45) is 1.03. The standard InChI is InChI=1S/C10H18N2S/c1-7(2)9(5-11)4-10-6-13-8(3)12-10/h6-7,9H,4-5,11H2,1-3H3. The molecule has 1 unspecified atom stereocenters. The molecule has 74 valence electrons. The Morgan fingerprint density at radius 2 is 2.23 bits per heavy atom. The smallest absolute Gasteiger partial charge is 0.0897 e. The molecule has 1 aromatic heterocycles. The zero-order valence-corrected chi connectivity index (χ0v) is 9.40. The van der Waals surface area contributed by atoms with E-state index in [1.807, 2.05) is 6.92 Å². The Morgan fingerprint density at radius 3 is 2.62 bits per heavy atom. The number of hydrogen-bond acceptors (Lipinski definition) is 3. The molecule has 0 aliphatic rings. The van der Waals surface area contributed by atoms with E-state index in [0.717, 1.165) is 18.0 Å². The molecule has 0 aliphatic carbocycles. The van der Waals surface area contributed by atoms with Gasteiger partial charge in [0.1, 0.15) is 0 Å². The third-order valence-electron chi connectivity index (χ3n) is 2.38. The molecule has 3 heteroatoms. The molecule has 0 saturated carbocycles. The van der Waals surface area contributed by atoms with Gasteiger partial charge in [0.05, 0.1) is 10.7 Å². The monoisotopic (exact) mass is 198 g/mol. The first-order valence-corrected chi connectivity index (χ1v) is 5.62. The van der Waals surface area contributed by atoms with E-state index in [9.17, 15) is 0 Å². The number of rotatable bonds is 4. The lowest BCUT2D eigenvalue weighted by atomic mass is 9.92. The van der Waals surface area contributed by atoms with Crippen LogP contribution < -0.4 is 5.73 Å². The molecule has 1 aromatic rings. The maximum Gasteiger partial charge on any atom is 0.0897 e. The fourth-order valence-electron chi connectivity index (χ4n) is 1.36. The van der Waals surface area contributed by atoms with Crippen molar-refractivity contribution in [3.63, 3.8) is 0 Å². The van der Waals surface area contributed by atoms with E-state index < -0.39 is 0 Å². The first kappa shape index (κ1) is 10.7. The molecular weight excluding hydrogens is 180 g/mol. The fourth-order valence-corrected chi connectivity index (χ4v) is 1.99. The lowest BCUT2D eigenvalue weighted by Gasteiger charge is -2.17. The average Bonchev–Trinajstić information content (AvgIpc) is 2.46. The van der Waals surface area contributed by atoms with Crippen LogP contribution in [0, 0.1) is 18.8 Å². The minimum atomic E-state index is 0.571. The summed E-state index contributed by atoms with van der Waals surface area (Å²) in [5.74, 6) is 1.22. The second-order valence-corrected chi connectivity index (χ2v) is 4.86. The Kier molecular flexibility index (Phi) is 3.88. The molecule has 0 saturated heterocycles. The summed E-state index contributed by atoms with van der Waals surface area (Å²) in [4.78, 5) is 4.44. The van der Waals surface area contributed by atoms with E-state index >= 15 is 0 Å². The van der Waals surface area contributed by atoms with Gasteiger partial charge in [-0.05, 0) is 31.7 Å². The van der Waals surface area contributed by atoms with Crippen molar-refractivity contribution in [2.75, 3.05) is 6.54 Å². The van der Waals surface area contributed by atoms with Crippen LogP contribution in [-0.4, -0.2) is 11.5 Å². The predicted molar refractivity (Wildman–Crippen MR) is 57.9 cm³/mol. The van der Waals surface area contributed by atoms with Crippen LogP contribution in [0.25, 0.3) is 0 Å². The van der Waals surface area contributed by atoms with Crippen molar-refractivity contribution < 1.29 is 0 Å². The fraction of sp³-hybridized carbons (Fsp3) is 0.700. The van der Waals surface area contributed by atoms with Crippen LogP contribution in [0.1, 0.15) is 24.5 Å². The third-order valence-corrected chi connectivity index (χ3v) is 3.21. The average molecular weight is 198 g/mol. The summed E-state index contributed by atoms with van der Waals surface area (Å²) in [5.41, 5.74) is 6.90. The number of nitrogens with two attached hydrogens (primary N) is 1. The highest BCUT2D eigenvalue weighted by Crippen LogP contribution is 2.17. The molecule has 1 rings (SSSR count). The highest BCUT2D eigenvalue weighted by molar-refractivity contribution is 7.09. The van der Waals surface area contributed by atoms with Gasteiger partial charge in [-0.3, -0.25) is 0 Å². The molecule has 1 atom stereocenters. The van der Waals surface area contributed by atoms with Crippen molar-refractivity contribution in [2.24, 2.45) is 17.6 Å². The topological polar surface area (TPSA) is 38.9 Å². The largest absolute Gasteiger partial charge is 0.330 e. The SMILES string of the molecule is Cc1nc(CC(CN)C(C)C)cs1. The van der Waals surface area contributed by atoms with Gasteiger partial charge in [0.15, 0.2) is 0 Å². The van der Waals surface area contributed by atoms with E-state index in [0.29, 0.717) is 11.8 Å². The van der Waals surface area contributed by atoms with Gasteiger partial charge in [0.25, 0.3) is 0 Å². The molecular formula is C10H18N2S. The van der Waals surface area contributed by atoms with Gasteiger partial charge in [0, 0.05) is 5.38 Å². The van der Waals surface area contributed by atoms with E-state index in [1.54, 1.807) is 11.3 Å². The van der Waals surface area contributed by atoms with Crippen molar-refractivity contribution in [2.45, 2.75) is 27.2 Å². The Morgan fingerprint density at radius 1 is 1.54 bits per heavy atom. The van der Waals surface area contributed by atoms with E-state index in [4.69, 9.17) is 5.73 Å². The summed E-state index contributed by atoms with van der Waals surface area (Å²) in [7, 11) is 0. The second kappa shape index (κ2) is 4.72. The number of nitrogens with zero attached hydrogens (tertiary/aromatic N) is 1. The maximum atomic E-state index is 5.70. The van der Waals surface area contributed by atoms with Crippen LogP contribution in [0.5, 0.6) is 0 Å². The van der Waals surface area contributed by atoms with Crippen molar-refractivity contribution in [3.8, 4) is 0 Å². The van der Waals surface area contributed by atoms with Gasteiger partial charge in [-0.1, -0.05) is 13.8 Å². The first-order valence-electron chi connectivity index (χ1n) is 4.74. The number of aryl methyl sites for hydroxylation is 1. The van der Waals surface area contributed by atoms with Gasteiger partial charge in [-0.15, -0.1) is 11.3 Å². The molecule has 0 amide bonds. The number of thiazole rings is 1. The molecule has 13 heavy (non-hydrogen) atoms. The van der Waals surface area contributed by atoms with Crippen LogP contribution in [-0.2, 0) is 6.42 Å². The Labute approximate surface area is 84.2 Å². The minimum Gasteiger partial charge on any atom is -0.330 e. The third kappa shape index (κ3) is 3.08. The van der Waals surface area contributed by atoms with Gasteiger partial charge in [-0.25, -0.2) is 4.98 Å². The number of hydrogen-bond donors (Lipinski definition) is 1. The van der Waals surface area contributed by atoms with Crippen molar-refractivity contribution >= 4 is 11.3 Å². The van der Waals surface area contributed by atoms with Crippen LogP contribution >= 0.6 is 11.3 Å². The highest BCUT2D eigenvalue weighted by Gasteiger charge is 2.13. The van der Waals surface area contributed by atoms with Gasteiger partial charge < -0.3 is 5.73 Å². The van der Waals surface area contributed by atoms with Crippen molar-refractivity contribution in [1.82, 2.24) is 4.98 Å². The number of aromatic nitrogens is 1. The zero-order chi connectivity index (χ0) is 9.84. The molecule has 0 spiro atoms. The predicted octanol–water partition coefficient (Wildman–Crippen LogP) is 2.22. The molecule has 2 nitrogen and oxygen atoms in total. The van der Waals surface area contributed by atoms with E-state index in [-0.39, 0.29) is 0 Å². The van der Waals surface area contributed by atoms with Gasteiger partial charge >= 0.3 is 0 Å². The lowest BCUT2D eigenvalue weighted by Crippen LogP contribution is -2.22. The zero-order valence-electron chi connectivity index (χ0n) is 8.58. The highest BCUT2D eigenvalue weighted by atomic mass is 32.1. The maximum absolute atomic E-state index is 5.70.